The molecule has 0 bridgehead atoms. The molecule has 0 aliphatic heterocycles. The highest BCUT2D eigenvalue weighted by Crippen LogP contribution is 2.32. The number of anilines is 1. The SMILES string of the molecule is CCOC(=O)c1cnc(-c2nn(Cc3ccccc3F)c3c(F)ccc(N)c23)nc1. The minimum absolute atomic E-state index is 0.00947. The van der Waals surface area contributed by atoms with Gasteiger partial charge >= 0.3 is 5.97 Å². The molecule has 0 saturated carbocycles. The number of ether oxygens (including phenoxy) is 1. The smallest absolute Gasteiger partial charge is 0.341 e. The van der Waals surface area contributed by atoms with Gasteiger partial charge in [-0.15, -0.1) is 0 Å². The summed E-state index contributed by atoms with van der Waals surface area (Å²) in [6.07, 6.45) is 2.61. The summed E-state index contributed by atoms with van der Waals surface area (Å²) in [5.74, 6) is -1.39. The molecular weight excluding hydrogens is 392 g/mol. The number of rotatable bonds is 5. The third-order valence-electron chi connectivity index (χ3n) is 4.53. The van der Waals surface area contributed by atoms with E-state index in [1.54, 1.807) is 25.1 Å². The predicted molar refractivity (Wildman–Crippen MR) is 107 cm³/mol. The van der Waals surface area contributed by atoms with E-state index in [0.29, 0.717) is 10.9 Å². The van der Waals surface area contributed by atoms with E-state index in [2.05, 4.69) is 15.1 Å². The maximum atomic E-state index is 14.7. The van der Waals surface area contributed by atoms with E-state index in [1.807, 2.05) is 0 Å². The number of nitrogen functional groups attached to an aromatic ring is 1. The second-order valence-corrected chi connectivity index (χ2v) is 6.47. The molecule has 0 atom stereocenters. The van der Waals surface area contributed by atoms with Crippen LogP contribution in [0.4, 0.5) is 14.5 Å². The molecular formula is C21H17F2N5O2. The number of hydrogen-bond donors (Lipinski definition) is 1. The molecule has 0 fully saturated rings. The van der Waals surface area contributed by atoms with Crippen molar-refractivity contribution in [3.63, 3.8) is 0 Å². The second kappa shape index (κ2) is 7.86. The van der Waals surface area contributed by atoms with E-state index in [4.69, 9.17) is 10.5 Å². The highest BCUT2D eigenvalue weighted by Gasteiger charge is 2.21. The van der Waals surface area contributed by atoms with Gasteiger partial charge in [-0.1, -0.05) is 18.2 Å². The summed E-state index contributed by atoms with van der Waals surface area (Å²) in [7, 11) is 0. The van der Waals surface area contributed by atoms with Crippen LogP contribution in [0.3, 0.4) is 0 Å². The van der Waals surface area contributed by atoms with Crippen LogP contribution in [-0.4, -0.2) is 32.3 Å². The number of nitrogens with zero attached hydrogens (tertiary/aromatic N) is 4. The highest BCUT2D eigenvalue weighted by atomic mass is 19.1. The zero-order chi connectivity index (χ0) is 21.3. The molecule has 0 aliphatic carbocycles. The van der Waals surface area contributed by atoms with Crippen LogP contribution in [-0.2, 0) is 11.3 Å². The van der Waals surface area contributed by atoms with Crippen molar-refractivity contribution in [3.8, 4) is 11.5 Å². The number of aromatic nitrogens is 4. The van der Waals surface area contributed by atoms with Gasteiger partial charge in [-0.3, -0.25) is 4.68 Å². The lowest BCUT2D eigenvalue weighted by Crippen LogP contribution is -2.06. The maximum absolute atomic E-state index is 14.7. The number of benzene rings is 2. The summed E-state index contributed by atoms with van der Waals surface area (Å²) in [4.78, 5) is 20.2. The van der Waals surface area contributed by atoms with E-state index < -0.39 is 17.6 Å². The number of carbonyl (C=O) groups is 1. The molecule has 4 aromatic rings. The van der Waals surface area contributed by atoms with Gasteiger partial charge in [0.05, 0.1) is 24.1 Å². The molecule has 0 saturated heterocycles. The zero-order valence-electron chi connectivity index (χ0n) is 16.0. The third-order valence-corrected chi connectivity index (χ3v) is 4.53. The second-order valence-electron chi connectivity index (χ2n) is 6.47. The lowest BCUT2D eigenvalue weighted by Gasteiger charge is -2.06. The minimum Gasteiger partial charge on any atom is -0.462 e. The van der Waals surface area contributed by atoms with Crippen molar-refractivity contribution in [1.29, 1.82) is 0 Å². The lowest BCUT2D eigenvalue weighted by atomic mass is 10.1. The molecule has 7 nitrogen and oxygen atoms in total. The monoisotopic (exact) mass is 409 g/mol. The van der Waals surface area contributed by atoms with Crippen LogP contribution in [0.1, 0.15) is 22.8 Å². The Hall–Kier alpha value is -3.88. The van der Waals surface area contributed by atoms with Crippen molar-refractivity contribution in [2.45, 2.75) is 13.5 Å². The maximum Gasteiger partial charge on any atom is 0.341 e. The quantitative estimate of drug-likeness (QED) is 0.400. The largest absolute Gasteiger partial charge is 0.462 e. The van der Waals surface area contributed by atoms with Gasteiger partial charge in [0.2, 0.25) is 0 Å². The molecule has 30 heavy (non-hydrogen) atoms. The first-order valence-electron chi connectivity index (χ1n) is 9.17. The first-order valence-corrected chi connectivity index (χ1v) is 9.17. The summed E-state index contributed by atoms with van der Waals surface area (Å²) in [6, 6.07) is 8.83. The van der Waals surface area contributed by atoms with Gasteiger partial charge in [0.1, 0.15) is 22.8 Å². The highest BCUT2D eigenvalue weighted by molar-refractivity contribution is 6.01. The Kier molecular flexibility index (Phi) is 5.09. The van der Waals surface area contributed by atoms with Crippen molar-refractivity contribution in [1.82, 2.24) is 19.7 Å². The van der Waals surface area contributed by atoms with E-state index in [-0.39, 0.29) is 41.4 Å². The summed E-state index contributed by atoms with van der Waals surface area (Å²) < 4.78 is 35.1. The Morgan fingerprint density at radius 3 is 2.53 bits per heavy atom. The van der Waals surface area contributed by atoms with Crippen molar-refractivity contribution in [2.75, 3.05) is 12.3 Å². The molecule has 0 amide bonds. The molecule has 2 aromatic heterocycles. The molecule has 9 heteroatoms. The van der Waals surface area contributed by atoms with E-state index >= 15 is 0 Å². The summed E-state index contributed by atoms with van der Waals surface area (Å²) in [6.45, 7) is 1.91. The van der Waals surface area contributed by atoms with Gasteiger partial charge in [0.15, 0.2) is 5.82 Å². The average molecular weight is 409 g/mol. The van der Waals surface area contributed by atoms with Crippen LogP contribution < -0.4 is 5.73 Å². The fraction of sp³-hybridized carbons (Fsp3) is 0.143. The first kappa shape index (κ1) is 19.4. The molecule has 152 valence electrons. The third kappa shape index (κ3) is 3.45. The molecule has 4 rings (SSSR count). The molecule has 2 heterocycles. The Balaban J connectivity index is 1.84. The topological polar surface area (TPSA) is 95.9 Å². The standard InChI is InChI=1S/C21H17F2N5O2/c1-2-30-21(29)13-9-25-20(26-10-13)18-17-16(24)8-7-15(23)19(17)28(27-18)11-12-5-3-4-6-14(12)22/h3-10H,2,11,24H2,1H3. The number of fused-ring (bicyclic) bond motifs is 1. The van der Waals surface area contributed by atoms with E-state index in [9.17, 15) is 13.6 Å². The van der Waals surface area contributed by atoms with Gasteiger partial charge in [-0.2, -0.15) is 5.10 Å². The predicted octanol–water partition coefficient (Wildman–Crippen LogP) is 3.58. The molecule has 0 spiro atoms. The van der Waals surface area contributed by atoms with Crippen LogP contribution in [0.25, 0.3) is 22.4 Å². The lowest BCUT2D eigenvalue weighted by molar-refractivity contribution is 0.0525. The van der Waals surface area contributed by atoms with Gasteiger partial charge < -0.3 is 10.5 Å². The number of esters is 1. The first-order chi connectivity index (χ1) is 14.5. The number of halogens is 2. The van der Waals surface area contributed by atoms with E-state index in [1.165, 1.54) is 35.3 Å². The minimum atomic E-state index is -0.558. The van der Waals surface area contributed by atoms with Crippen LogP contribution in [0.2, 0.25) is 0 Å². The van der Waals surface area contributed by atoms with Gasteiger partial charge in [0, 0.05) is 23.6 Å². The molecule has 2 N–H and O–H groups in total. The Morgan fingerprint density at radius 2 is 1.83 bits per heavy atom. The summed E-state index contributed by atoms with van der Waals surface area (Å²) in [5, 5.41) is 4.73. The Bertz CT molecular complexity index is 1240. The fourth-order valence-corrected chi connectivity index (χ4v) is 3.13. The van der Waals surface area contributed by atoms with Crippen molar-refractivity contribution >= 4 is 22.6 Å². The molecule has 2 aromatic carbocycles. The van der Waals surface area contributed by atoms with Crippen LogP contribution in [0, 0.1) is 11.6 Å². The Morgan fingerprint density at radius 1 is 1.10 bits per heavy atom. The van der Waals surface area contributed by atoms with Crippen molar-refractivity contribution in [2.24, 2.45) is 0 Å². The molecule has 0 unspecified atom stereocenters. The molecule has 0 aliphatic rings. The van der Waals surface area contributed by atoms with Gasteiger partial charge in [0.25, 0.3) is 0 Å². The number of carbonyl (C=O) groups excluding carboxylic acids is 1. The average Bonchev–Trinajstić information content (AvgIpc) is 3.13. The van der Waals surface area contributed by atoms with Crippen LogP contribution in [0.5, 0.6) is 0 Å². The Labute approximate surface area is 170 Å². The van der Waals surface area contributed by atoms with Gasteiger partial charge in [-0.05, 0) is 25.1 Å². The van der Waals surface area contributed by atoms with Crippen molar-refractivity contribution in [3.05, 3.63) is 71.6 Å². The normalized spacial score (nSPS) is 11.0. The van der Waals surface area contributed by atoms with Crippen LogP contribution >= 0.6 is 0 Å². The van der Waals surface area contributed by atoms with Crippen molar-refractivity contribution < 1.29 is 18.3 Å². The zero-order valence-corrected chi connectivity index (χ0v) is 16.0. The number of hydrogen-bond acceptors (Lipinski definition) is 6. The van der Waals surface area contributed by atoms with E-state index in [0.717, 1.165) is 0 Å². The summed E-state index contributed by atoms with van der Waals surface area (Å²) >= 11 is 0. The number of nitrogens with two attached hydrogens (primary N) is 1. The van der Waals surface area contributed by atoms with Gasteiger partial charge in [-0.25, -0.2) is 23.5 Å². The summed E-state index contributed by atoms with van der Waals surface area (Å²) in [5.41, 5.74) is 7.24. The van der Waals surface area contributed by atoms with Crippen LogP contribution in [0.15, 0.2) is 48.8 Å². The fourth-order valence-electron chi connectivity index (χ4n) is 3.13. The molecule has 0 radical (unpaired) electrons.